The molecule has 0 saturated carbocycles. The van der Waals surface area contributed by atoms with Crippen LogP contribution in [0.2, 0.25) is 0 Å². The van der Waals surface area contributed by atoms with Gasteiger partial charge in [-0.1, -0.05) is 24.3 Å². The van der Waals surface area contributed by atoms with Gasteiger partial charge in [0.25, 0.3) is 0 Å². The summed E-state index contributed by atoms with van der Waals surface area (Å²) in [5, 5.41) is 3.57. The summed E-state index contributed by atoms with van der Waals surface area (Å²) >= 11 is 0. The van der Waals surface area contributed by atoms with Crippen molar-refractivity contribution in [3.63, 3.8) is 0 Å². The second-order valence-electron chi connectivity index (χ2n) is 8.00. The van der Waals surface area contributed by atoms with Crippen molar-refractivity contribution in [1.29, 1.82) is 0 Å². The van der Waals surface area contributed by atoms with E-state index in [-0.39, 0.29) is 0 Å². The number of pyridine rings is 1. The van der Waals surface area contributed by atoms with Gasteiger partial charge in [0.2, 0.25) is 0 Å². The lowest BCUT2D eigenvalue weighted by molar-refractivity contribution is -0.0370. The molecule has 2 saturated heterocycles. The van der Waals surface area contributed by atoms with Crippen molar-refractivity contribution < 1.29 is 4.74 Å². The molecule has 28 heavy (non-hydrogen) atoms. The van der Waals surface area contributed by atoms with E-state index in [1.54, 1.807) is 0 Å². The van der Waals surface area contributed by atoms with Crippen molar-refractivity contribution in [2.45, 2.75) is 32.2 Å². The van der Waals surface area contributed by atoms with Crippen LogP contribution in [0.5, 0.6) is 0 Å². The van der Waals surface area contributed by atoms with Crippen LogP contribution in [-0.4, -0.2) is 49.2 Å². The third-order valence-corrected chi connectivity index (χ3v) is 5.92. The summed E-state index contributed by atoms with van der Waals surface area (Å²) in [7, 11) is 1.88. The van der Waals surface area contributed by atoms with E-state index in [4.69, 9.17) is 4.74 Å². The van der Waals surface area contributed by atoms with Crippen LogP contribution in [0.15, 0.2) is 53.7 Å². The Morgan fingerprint density at radius 2 is 2.14 bits per heavy atom. The van der Waals surface area contributed by atoms with Gasteiger partial charge in [0.15, 0.2) is 5.96 Å². The Labute approximate surface area is 167 Å². The maximum Gasteiger partial charge on any atom is 0.193 e. The van der Waals surface area contributed by atoms with Gasteiger partial charge in [-0.2, -0.15) is 0 Å². The Hall–Kier alpha value is -2.40. The normalized spacial score (nSPS) is 23.0. The molecule has 3 heterocycles. The summed E-state index contributed by atoms with van der Waals surface area (Å²) < 4.78 is 5.82. The molecule has 2 aliphatic rings. The predicted octanol–water partition coefficient (Wildman–Crippen LogP) is 3.72. The minimum absolute atomic E-state index is 0.313. The molecule has 0 amide bonds. The van der Waals surface area contributed by atoms with Crippen LogP contribution >= 0.6 is 0 Å². The number of likely N-dealkylation sites (tertiary alicyclic amines) is 1. The summed E-state index contributed by atoms with van der Waals surface area (Å²) in [6, 6.07) is 14.6. The van der Waals surface area contributed by atoms with Crippen LogP contribution < -0.4 is 5.32 Å². The van der Waals surface area contributed by atoms with Crippen molar-refractivity contribution in [2.24, 2.45) is 10.4 Å². The summed E-state index contributed by atoms with van der Waals surface area (Å²) in [6.07, 6.45) is 6.77. The smallest absolute Gasteiger partial charge is 0.193 e. The number of nitrogens with one attached hydrogen (secondary N) is 1. The average molecular weight is 379 g/mol. The highest BCUT2D eigenvalue weighted by atomic mass is 16.5. The van der Waals surface area contributed by atoms with Gasteiger partial charge in [0, 0.05) is 50.5 Å². The minimum atomic E-state index is 0.313. The van der Waals surface area contributed by atoms with E-state index in [0.29, 0.717) is 5.41 Å². The number of aliphatic imine (C=N–C) groups is 1. The first kappa shape index (κ1) is 18.9. The van der Waals surface area contributed by atoms with Crippen molar-refractivity contribution in [1.82, 2.24) is 15.2 Å². The standard InChI is InChI=1S/C23H30N4O/c1-24-22(27-13-5-10-23(17-27)11-6-14-28-18-23)26-16-19-7-4-8-20(15-19)21-9-2-3-12-25-21/h2-4,7-9,12,15H,5-6,10-11,13-14,16-18H2,1H3,(H,24,26). The summed E-state index contributed by atoms with van der Waals surface area (Å²) in [5.74, 6) is 0.993. The maximum absolute atomic E-state index is 5.82. The third kappa shape index (κ3) is 4.36. The number of rotatable bonds is 3. The molecule has 5 nitrogen and oxygen atoms in total. The van der Waals surface area contributed by atoms with E-state index in [1.807, 2.05) is 31.4 Å². The van der Waals surface area contributed by atoms with Crippen molar-refractivity contribution in [2.75, 3.05) is 33.4 Å². The zero-order chi connectivity index (χ0) is 19.2. The topological polar surface area (TPSA) is 49.8 Å². The molecule has 148 valence electrons. The molecule has 0 bridgehead atoms. The molecule has 1 atom stereocenters. The lowest BCUT2D eigenvalue weighted by Crippen LogP contribution is -2.52. The van der Waals surface area contributed by atoms with Gasteiger partial charge in [0.05, 0.1) is 12.3 Å². The SMILES string of the molecule is CN=C(NCc1cccc(-c2ccccn2)c1)N1CCCC2(CCCOC2)C1. The second-order valence-corrected chi connectivity index (χ2v) is 8.00. The Bertz CT molecular complexity index is 794. The van der Waals surface area contributed by atoms with Crippen molar-refractivity contribution in [3.8, 4) is 11.3 Å². The van der Waals surface area contributed by atoms with Crippen LogP contribution in [0.3, 0.4) is 0 Å². The highest BCUT2D eigenvalue weighted by Gasteiger charge is 2.38. The highest BCUT2D eigenvalue weighted by molar-refractivity contribution is 5.80. The molecule has 2 fully saturated rings. The zero-order valence-corrected chi connectivity index (χ0v) is 16.7. The van der Waals surface area contributed by atoms with Crippen LogP contribution in [0.4, 0.5) is 0 Å². The minimum Gasteiger partial charge on any atom is -0.381 e. The number of hydrogen-bond donors (Lipinski definition) is 1. The van der Waals surface area contributed by atoms with Gasteiger partial charge in [-0.3, -0.25) is 9.98 Å². The van der Waals surface area contributed by atoms with E-state index < -0.39 is 0 Å². The first-order valence-corrected chi connectivity index (χ1v) is 10.3. The number of piperidine rings is 1. The van der Waals surface area contributed by atoms with Crippen molar-refractivity contribution >= 4 is 5.96 Å². The van der Waals surface area contributed by atoms with Crippen LogP contribution in [0.1, 0.15) is 31.2 Å². The molecule has 2 aromatic rings. The lowest BCUT2D eigenvalue weighted by atomic mass is 9.76. The summed E-state index contributed by atoms with van der Waals surface area (Å²) in [4.78, 5) is 11.4. The number of benzene rings is 1. The van der Waals surface area contributed by atoms with Gasteiger partial charge in [-0.05, 0) is 49.4 Å². The average Bonchev–Trinajstić information content (AvgIpc) is 2.76. The Kier molecular flexibility index (Phi) is 5.91. The molecule has 1 aromatic heterocycles. The van der Waals surface area contributed by atoms with Crippen molar-refractivity contribution in [3.05, 3.63) is 54.2 Å². The molecule has 0 radical (unpaired) electrons. The molecular formula is C23H30N4O. The fraction of sp³-hybridized carbons (Fsp3) is 0.478. The molecule has 5 heteroatoms. The molecule has 0 aliphatic carbocycles. The van der Waals surface area contributed by atoms with E-state index in [2.05, 4.69) is 44.5 Å². The van der Waals surface area contributed by atoms with Gasteiger partial charge in [-0.15, -0.1) is 0 Å². The monoisotopic (exact) mass is 378 g/mol. The first-order chi connectivity index (χ1) is 13.8. The molecule has 1 aromatic carbocycles. The molecule has 1 unspecified atom stereocenters. The summed E-state index contributed by atoms with van der Waals surface area (Å²) in [5.41, 5.74) is 3.69. The van der Waals surface area contributed by atoms with E-state index >= 15 is 0 Å². The van der Waals surface area contributed by atoms with Crippen LogP contribution in [0, 0.1) is 5.41 Å². The Morgan fingerprint density at radius 1 is 1.21 bits per heavy atom. The fourth-order valence-electron chi connectivity index (χ4n) is 4.51. The largest absolute Gasteiger partial charge is 0.381 e. The van der Waals surface area contributed by atoms with Gasteiger partial charge in [-0.25, -0.2) is 0 Å². The summed E-state index contributed by atoms with van der Waals surface area (Å²) in [6.45, 7) is 4.68. The molecule has 1 N–H and O–H groups in total. The highest BCUT2D eigenvalue weighted by Crippen LogP contribution is 2.37. The lowest BCUT2D eigenvalue weighted by Gasteiger charge is -2.45. The number of hydrogen-bond acceptors (Lipinski definition) is 3. The predicted molar refractivity (Wildman–Crippen MR) is 113 cm³/mol. The second kappa shape index (κ2) is 8.74. The van der Waals surface area contributed by atoms with Gasteiger partial charge < -0.3 is 15.0 Å². The van der Waals surface area contributed by atoms with E-state index in [1.165, 1.54) is 31.2 Å². The Balaban J connectivity index is 1.41. The fourth-order valence-corrected chi connectivity index (χ4v) is 4.51. The van der Waals surface area contributed by atoms with E-state index in [0.717, 1.165) is 50.1 Å². The third-order valence-electron chi connectivity index (χ3n) is 5.92. The number of aromatic nitrogens is 1. The van der Waals surface area contributed by atoms with Gasteiger partial charge >= 0.3 is 0 Å². The molecule has 4 rings (SSSR count). The maximum atomic E-state index is 5.82. The number of guanidine groups is 1. The molecular weight excluding hydrogens is 348 g/mol. The quantitative estimate of drug-likeness (QED) is 0.653. The number of nitrogens with zero attached hydrogens (tertiary/aromatic N) is 3. The van der Waals surface area contributed by atoms with E-state index in [9.17, 15) is 0 Å². The van der Waals surface area contributed by atoms with Gasteiger partial charge in [0.1, 0.15) is 0 Å². The molecule has 1 spiro atoms. The number of ether oxygens (including phenoxy) is 1. The molecule has 2 aliphatic heterocycles. The van der Waals surface area contributed by atoms with Crippen LogP contribution in [-0.2, 0) is 11.3 Å². The zero-order valence-electron chi connectivity index (χ0n) is 16.7. The Morgan fingerprint density at radius 3 is 2.93 bits per heavy atom. The first-order valence-electron chi connectivity index (χ1n) is 10.3. The van der Waals surface area contributed by atoms with Crippen LogP contribution in [0.25, 0.3) is 11.3 Å².